The maximum Gasteiger partial charge on any atom is 0 e. The number of aliphatic hydroxyl groups excluding tert-OH is 2. The molecule has 0 aromatic carbocycles. The molecule has 0 spiro atoms. The molecule has 0 atom stereocenters. The van der Waals surface area contributed by atoms with E-state index in [9.17, 15) is 0 Å². The van der Waals surface area contributed by atoms with Crippen molar-refractivity contribution in [2.45, 2.75) is 13.8 Å². The van der Waals surface area contributed by atoms with Gasteiger partial charge in [0.05, 0.1) is 0 Å². The van der Waals surface area contributed by atoms with Gasteiger partial charge in [-0.2, -0.15) is 0 Å². The average Bonchev–Trinajstić information content (AvgIpc) is 1.87. The minimum atomic E-state index is -0.500. The topological polar surface area (TPSA) is 69.7 Å². The largest absolute Gasteiger partial charge is 0 e. The Labute approximate surface area is 130 Å². The fraction of sp³-hybridized carbons (Fsp3) is 0.667. The zero-order valence-electron chi connectivity index (χ0n) is 7.86. The first-order valence-corrected chi connectivity index (χ1v) is 4.23. The summed E-state index contributed by atoms with van der Waals surface area (Å²) in [6.45, 7) is 5.47. The summed E-state index contributed by atoms with van der Waals surface area (Å²) in [6, 6.07) is 0. The third-order valence-corrected chi connectivity index (χ3v) is 1.29. The van der Waals surface area contributed by atoms with Gasteiger partial charge in [-0.3, -0.25) is 0 Å². The van der Waals surface area contributed by atoms with Crippen LogP contribution in [0.1, 0.15) is 13.8 Å². The number of thiocarbonyl (C=S) groups is 2. The number of nitrogens with two attached hydrogens (primary N) is 1. The number of nitrogens with zero attached hydrogens (tertiary/aromatic N) is 1. The second-order valence-electron chi connectivity index (χ2n) is 1.79. The summed E-state index contributed by atoms with van der Waals surface area (Å²) in [6.07, 6.45) is 0. The maximum atomic E-state index is 8.67. The Morgan fingerprint density at radius 2 is 1.43 bits per heavy atom. The minimum absolute atomic E-state index is 0. The summed E-state index contributed by atoms with van der Waals surface area (Å²) in [5, 5.41) is 15.7. The van der Waals surface area contributed by atoms with Crippen LogP contribution in [0.2, 0.25) is 0 Å². The van der Waals surface area contributed by atoms with Crippen molar-refractivity contribution in [2.75, 3.05) is 13.1 Å². The molecule has 76 valence electrons. The molecule has 0 aliphatic carbocycles. The van der Waals surface area contributed by atoms with Gasteiger partial charge in [0.1, 0.15) is 0 Å². The van der Waals surface area contributed by atoms with Gasteiger partial charge in [0.2, 0.25) is 0 Å². The van der Waals surface area contributed by atoms with Crippen molar-refractivity contribution >= 4 is 64.3 Å². The van der Waals surface area contributed by atoms with E-state index in [0.29, 0.717) is 0 Å². The first kappa shape index (κ1) is 24.3. The van der Waals surface area contributed by atoms with Crippen molar-refractivity contribution in [3.63, 3.8) is 0 Å². The maximum absolute atomic E-state index is 8.67. The van der Waals surface area contributed by atoms with Gasteiger partial charge in [0.15, 0.2) is 0 Å². The van der Waals surface area contributed by atoms with Gasteiger partial charge < -0.3 is 20.8 Å². The van der Waals surface area contributed by atoms with E-state index in [4.69, 9.17) is 10.2 Å². The van der Waals surface area contributed by atoms with Crippen LogP contribution in [-0.4, -0.2) is 68.1 Å². The summed E-state index contributed by atoms with van der Waals surface area (Å²) in [7, 11) is 0. The van der Waals surface area contributed by atoms with Gasteiger partial charge in [-0.1, -0.05) is 0 Å². The summed E-state index contributed by atoms with van der Waals surface area (Å²) < 4.78 is 0. The second kappa shape index (κ2) is 16.4. The third-order valence-electron chi connectivity index (χ3n) is 1.03. The van der Waals surface area contributed by atoms with Crippen LogP contribution >= 0.6 is 24.4 Å². The molecule has 0 bridgehead atoms. The molecule has 0 saturated carbocycles. The number of hydrogen-bond acceptors (Lipinski definition) is 2. The van der Waals surface area contributed by atoms with Gasteiger partial charge >= 0.3 is 29.6 Å². The predicted molar refractivity (Wildman–Crippen MR) is 64.7 cm³/mol. The second-order valence-corrected chi connectivity index (χ2v) is 2.58. The van der Waals surface area contributed by atoms with E-state index >= 15 is 0 Å². The molecule has 0 unspecified atom stereocenters. The molecule has 0 fully saturated rings. The number of rotatable bonds is 2. The van der Waals surface area contributed by atoms with Crippen molar-refractivity contribution in [3.8, 4) is 0 Å². The quantitative estimate of drug-likeness (QED) is 0.504. The molecule has 8 heteroatoms. The predicted octanol–water partition coefficient (Wildman–Crippen LogP) is 0.308. The van der Waals surface area contributed by atoms with E-state index in [1.54, 1.807) is 4.90 Å². The molecular weight excluding hydrogens is 285 g/mol. The smallest absolute Gasteiger partial charge is 0 e. The minimum Gasteiger partial charge on any atom is 0 e. The van der Waals surface area contributed by atoms with Gasteiger partial charge in [-0.25, -0.2) is 0 Å². The Hall–Kier alpha value is 1.00. The van der Waals surface area contributed by atoms with Crippen molar-refractivity contribution in [1.29, 1.82) is 0 Å². The van der Waals surface area contributed by atoms with E-state index in [2.05, 4.69) is 30.2 Å². The van der Waals surface area contributed by atoms with Crippen LogP contribution < -0.4 is 5.73 Å². The van der Waals surface area contributed by atoms with Gasteiger partial charge in [0.25, 0.3) is 10.3 Å². The third kappa shape index (κ3) is 23.1. The first-order chi connectivity index (χ1) is 5.45. The summed E-state index contributed by atoms with van der Waals surface area (Å²) in [4.78, 5) is 1.70. The monoisotopic (exact) mass is 298 g/mol. The normalized spacial score (nSPS) is 6.71. The Bertz CT molecular complexity index is 155. The van der Waals surface area contributed by atoms with Gasteiger partial charge in [-0.05, 0) is 38.3 Å². The molecule has 0 radical (unpaired) electrons. The van der Waals surface area contributed by atoms with Crippen molar-refractivity contribution in [2.24, 2.45) is 5.73 Å². The molecule has 4 nitrogen and oxygen atoms in total. The average molecular weight is 300 g/mol. The van der Waals surface area contributed by atoms with Gasteiger partial charge in [-0.15, -0.1) is 0 Å². The van der Waals surface area contributed by atoms with Crippen molar-refractivity contribution in [3.05, 3.63) is 0 Å². The Morgan fingerprint density at radius 3 is 1.43 bits per heavy atom. The SMILES string of the molecule is CCN(CC)C(O)=S.NC(O)=S.[NaH].[Zn]. The molecule has 0 aromatic rings. The van der Waals surface area contributed by atoms with E-state index < -0.39 is 5.17 Å². The van der Waals surface area contributed by atoms with Crippen LogP contribution in [0.25, 0.3) is 0 Å². The van der Waals surface area contributed by atoms with E-state index in [1.807, 2.05) is 13.8 Å². The molecule has 0 amide bonds. The fourth-order valence-corrected chi connectivity index (χ4v) is 0.752. The standard InChI is InChI=1S/C5H11NOS.CH3NOS.Na.Zn.H/c1-3-6(4-2)5(7)8;2-1(3)4;;;/h3-4H2,1-2H3,(H,7,8);(H3,2,3,4);;;. The summed E-state index contributed by atoms with van der Waals surface area (Å²) >= 11 is 8.37. The molecule has 0 aliphatic heterocycles. The molecule has 0 aromatic heterocycles. The molecule has 4 N–H and O–H groups in total. The molecule has 0 saturated heterocycles. The molecular formula is C6H15N2NaO2S2Zn. The van der Waals surface area contributed by atoms with Crippen LogP contribution in [0.4, 0.5) is 0 Å². The van der Waals surface area contributed by atoms with Crippen LogP contribution in [0, 0.1) is 0 Å². The van der Waals surface area contributed by atoms with Crippen molar-refractivity contribution < 1.29 is 29.7 Å². The van der Waals surface area contributed by atoms with Crippen molar-refractivity contribution in [1.82, 2.24) is 4.90 Å². The summed E-state index contributed by atoms with van der Waals surface area (Å²) in [5.41, 5.74) is 4.40. The van der Waals surface area contributed by atoms with Crippen LogP contribution in [0.5, 0.6) is 0 Å². The van der Waals surface area contributed by atoms with E-state index in [0.717, 1.165) is 13.1 Å². The van der Waals surface area contributed by atoms with E-state index in [-0.39, 0.29) is 54.2 Å². The molecule has 0 rings (SSSR count). The zero-order chi connectivity index (χ0) is 10.1. The van der Waals surface area contributed by atoms with Gasteiger partial charge in [0, 0.05) is 32.6 Å². The first-order valence-electron chi connectivity index (χ1n) is 3.41. The van der Waals surface area contributed by atoms with Crippen LogP contribution in [-0.2, 0) is 19.5 Å². The fourth-order valence-electron chi connectivity index (χ4n) is 0.494. The van der Waals surface area contributed by atoms with E-state index in [1.165, 1.54) is 0 Å². The number of hydrogen-bond donors (Lipinski definition) is 3. The van der Waals surface area contributed by atoms with Crippen LogP contribution in [0.15, 0.2) is 0 Å². The molecule has 14 heavy (non-hydrogen) atoms. The molecule has 0 heterocycles. The molecule has 0 aliphatic rings. The summed E-state index contributed by atoms with van der Waals surface area (Å²) in [5.74, 6) is 0. The Balaban J connectivity index is -0.0000000733. The zero-order valence-corrected chi connectivity index (χ0v) is 12.5. The Kier molecular flexibility index (Phi) is 28.5. The Morgan fingerprint density at radius 1 is 1.21 bits per heavy atom. The number of aliphatic hydroxyl groups is 2. The van der Waals surface area contributed by atoms with Crippen LogP contribution in [0.3, 0.4) is 0 Å².